The van der Waals surface area contributed by atoms with Crippen molar-refractivity contribution in [2.45, 2.75) is 52.9 Å². The van der Waals surface area contributed by atoms with Gasteiger partial charge in [-0.05, 0) is 60.0 Å². The first-order valence-electron chi connectivity index (χ1n) is 12.4. The Hall–Kier alpha value is -3.37. The SMILES string of the molecule is CCOC1=NOC(N(COC(=O)C(C)C)C(=O)c2ccc(C3=NO[C@H](c4cc(Cl)c(F)c(Cl)c4)C3)cc2C)C1. The first-order valence-corrected chi connectivity index (χ1v) is 13.2. The lowest BCUT2D eigenvalue weighted by molar-refractivity contribution is -0.155. The number of carbonyl (C=O) groups excluding carboxylic acids is 2. The molecule has 12 heteroatoms. The number of esters is 1. The van der Waals surface area contributed by atoms with Gasteiger partial charge in [-0.1, -0.05) is 48.3 Å². The second-order valence-electron chi connectivity index (χ2n) is 9.37. The van der Waals surface area contributed by atoms with Crippen LogP contribution in [0.4, 0.5) is 4.39 Å². The number of benzene rings is 2. The Morgan fingerprint density at radius 3 is 2.49 bits per heavy atom. The number of carbonyl (C=O) groups is 2. The van der Waals surface area contributed by atoms with Gasteiger partial charge in [0.15, 0.2) is 18.7 Å². The Bertz CT molecular complexity index is 1310. The number of ether oxygens (including phenoxy) is 2. The maximum absolute atomic E-state index is 13.8. The molecule has 2 aliphatic heterocycles. The van der Waals surface area contributed by atoms with Crippen LogP contribution in [-0.2, 0) is 23.9 Å². The molecule has 0 radical (unpaired) electrons. The Kier molecular flexibility index (Phi) is 8.97. The summed E-state index contributed by atoms with van der Waals surface area (Å²) < 4.78 is 24.6. The van der Waals surface area contributed by atoms with Crippen molar-refractivity contribution in [2.24, 2.45) is 16.2 Å². The van der Waals surface area contributed by atoms with Gasteiger partial charge < -0.3 is 19.1 Å². The number of hydrogen-bond acceptors (Lipinski definition) is 8. The quantitative estimate of drug-likeness (QED) is 0.216. The average Bonchev–Trinajstić information content (AvgIpc) is 3.57. The molecular formula is C27H28Cl2FN3O6. The van der Waals surface area contributed by atoms with Gasteiger partial charge in [-0.25, -0.2) is 4.39 Å². The summed E-state index contributed by atoms with van der Waals surface area (Å²) in [5.74, 6) is -1.52. The van der Waals surface area contributed by atoms with E-state index in [2.05, 4.69) is 10.3 Å². The first-order chi connectivity index (χ1) is 18.6. The lowest BCUT2D eigenvalue weighted by atomic mass is 9.97. The van der Waals surface area contributed by atoms with Gasteiger partial charge in [-0.3, -0.25) is 14.5 Å². The molecule has 9 nitrogen and oxygen atoms in total. The minimum Gasteiger partial charge on any atom is -0.479 e. The second-order valence-corrected chi connectivity index (χ2v) is 10.2. The number of halogens is 3. The Balaban J connectivity index is 1.50. The van der Waals surface area contributed by atoms with E-state index in [0.29, 0.717) is 41.3 Å². The van der Waals surface area contributed by atoms with Gasteiger partial charge in [0.05, 0.1) is 34.7 Å². The fourth-order valence-electron chi connectivity index (χ4n) is 4.06. The maximum atomic E-state index is 13.8. The number of hydrogen-bond donors (Lipinski definition) is 0. The van der Waals surface area contributed by atoms with E-state index in [9.17, 15) is 14.0 Å². The fraction of sp³-hybridized carbons (Fsp3) is 0.407. The zero-order valence-corrected chi connectivity index (χ0v) is 23.4. The van der Waals surface area contributed by atoms with Crippen LogP contribution in [0, 0.1) is 18.7 Å². The number of amides is 1. The van der Waals surface area contributed by atoms with Gasteiger partial charge in [0, 0.05) is 12.0 Å². The molecule has 0 fully saturated rings. The predicted molar refractivity (Wildman–Crippen MR) is 143 cm³/mol. The Morgan fingerprint density at radius 1 is 1.13 bits per heavy atom. The van der Waals surface area contributed by atoms with E-state index < -0.39 is 30.0 Å². The summed E-state index contributed by atoms with van der Waals surface area (Å²) in [5.41, 5.74) is 3.06. The van der Waals surface area contributed by atoms with Crippen molar-refractivity contribution in [1.29, 1.82) is 0 Å². The largest absolute Gasteiger partial charge is 0.479 e. The lowest BCUT2D eigenvalue weighted by Gasteiger charge is -2.27. The van der Waals surface area contributed by atoms with Gasteiger partial charge >= 0.3 is 5.97 Å². The Morgan fingerprint density at radius 2 is 1.85 bits per heavy atom. The summed E-state index contributed by atoms with van der Waals surface area (Å²) in [6.07, 6.45) is -0.651. The van der Waals surface area contributed by atoms with Crippen LogP contribution < -0.4 is 0 Å². The maximum Gasteiger partial charge on any atom is 0.310 e. The van der Waals surface area contributed by atoms with E-state index in [1.165, 1.54) is 17.0 Å². The fourth-order valence-corrected chi connectivity index (χ4v) is 4.56. The van der Waals surface area contributed by atoms with Crippen molar-refractivity contribution in [2.75, 3.05) is 13.3 Å². The molecule has 0 spiro atoms. The molecule has 0 aliphatic carbocycles. The lowest BCUT2D eigenvalue weighted by Crippen LogP contribution is -2.43. The van der Waals surface area contributed by atoms with Crippen LogP contribution in [0.15, 0.2) is 40.6 Å². The second kappa shape index (κ2) is 12.2. The molecule has 39 heavy (non-hydrogen) atoms. The van der Waals surface area contributed by atoms with Crippen LogP contribution in [0.1, 0.15) is 66.8 Å². The van der Waals surface area contributed by atoms with Crippen LogP contribution in [0.5, 0.6) is 0 Å². The molecule has 2 atom stereocenters. The normalized spacial score (nSPS) is 18.3. The van der Waals surface area contributed by atoms with E-state index in [4.69, 9.17) is 42.4 Å². The summed E-state index contributed by atoms with van der Waals surface area (Å²) in [5, 5.41) is 7.89. The third-order valence-electron chi connectivity index (χ3n) is 6.20. The van der Waals surface area contributed by atoms with Crippen LogP contribution in [0.25, 0.3) is 0 Å². The van der Waals surface area contributed by atoms with E-state index in [1.54, 1.807) is 32.9 Å². The molecule has 0 aromatic heterocycles. The first kappa shape index (κ1) is 28.6. The van der Waals surface area contributed by atoms with E-state index in [-0.39, 0.29) is 29.1 Å². The van der Waals surface area contributed by atoms with Crippen molar-refractivity contribution in [3.05, 3.63) is 68.4 Å². The van der Waals surface area contributed by atoms with E-state index in [0.717, 1.165) is 5.56 Å². The van der Waals surface area contributed by atoms with E-state index in [1.807, 2.05) is 13.0 Å². The molecule has 0 saturated heterocycles. The van der Waals surface area contributed by atoms with Crippen LogP contribution in [0.2, 0.25) is 10.0 Å². The number of aryl methyl sites for hydroxylation is 1. The van der Waals surface area contributed by atoms with Gasteiger partial charge in [0.25, 0.3) is 5.91 Å². The monoisotopic (exact) mass is 579 g/mol. The molecule has 2 aliphatic rings. The topological polar surface area (TPSA) is 99.0 Å². The van der Waals surface area contributed by atoms with Crippen molar-refractivity contribution in [3.8, 4) is 0 Å². The van der Waals surface area contributed by atoms with Gasteiger partial charge in [0.2, 0.25) is 12.1 Å². The van der Waals surface area contributed by atoms with Crippen molar-refractivity contribution in [1.82, 2.24) is 4.90 Å². The summed E-state index contributed by atoms with van der Waals surface area (Å²) in [4.78, 5) is 38.0. The summed E-state index contributed by atoms with van der Waals surface area (Å²) >= 11 is 11.9. The van der Waals surface area contributed by atoms with Crippen LogP contribution in [0.3, 0.4) is 0 Å². The highest BCUT2D eigenvalue weighted by molar-refractivity contribution is 6.35. The highest BCUT2D eigenvalue weighted by Crippen LogP contribution is 2.35. The predicted octanol–water partition coefficient (Wildman–Crippen LogP) is 6.00. The van der Waals surface area contributed by atoms with Crippen LogP contribution >= 0.6 is 23.2 Å². The molecule has 0 bridgehead atoms. The van der Waals surface area contributed by atoms with Crippen molar-refractivity contribution in [3.63, 3.8) is 0 Å². The number of rotatable bonds is 8. The molecule has 2 aromatic carbocycles. The van der Waals surface area contributed by atoms with Crippen molar-refractivity contribution >= 4 is 46.7 Å². The zero-order valence-electron chi connectivity index (χ0n) is 21.9. The zero-order chi connectivity index (χ0) is 28.3. The Labute approximate surface area is 235 Å². The standard InChI is InChI=1S/C27H28Cl2FN3O6/c1-5-36-23-12-24(39-32-23)33(13-37-27(35)14(2)3)26(34)18-7-6-16(8-15(18)4)21-11-22(38-31-21)17-9-19(28)25(30)20(29)10-17/h6-10,14,22,24H,5,11-13H2,1-4H3/t22-,24?/m0/s1. The van der Waals surface area contributed by atoms with E-state index >= 15 is 0 Å². The number of oxime groups is 2. The summed E-state index contributed by atoms with van der Waals surface area (Å²) in [6.45, 7) is 7.13. The average molecular weight is 580 g/mol. The molecule has 2 heterocycles. The minimum atomic E-state index is -0.791. The van der Waals surface area contributed by atoms with Gasteiger partial charge in [-0.15, -0.1) is 0 Å². The van der Waals surface area contributed by atoms with Crippen LogP contribution in [-0.4, -0.2) is 48.0 Å². The summed E-state index contributed by atoms with van der Waals surface area (Å²) in [7, 11) is 0. The van der Waals surface area contributed by atoms with Gasteiger partial charge in [0.1, 0.15) is 0 Å². The third-order valence-corrected chi connectivity index (χ3v) is 6.75. The molecular weight excluding hydrogens is 552 g/mol. The molecule has 1 amide bonds. The van der Waals surface area contributed by atoms with Gasteiger partial charge in [-0.2, -0.15) is 0 Å². The molecule has 2 aromatic rings. The summed E-state index contributed by atoms with van der Waals surface area (Å²) in [6, 6.07) is 8.17. The molecule has 0 N–H and O–H groups in total. The minimum absolute atomic E-state index is 0.0955. The smallest absolute Gasteiger partial charge is 0.310 e. The van der Waals surface area contributed by atoms with Crippen molar-refractivity contribution < 1.29 is 33.1 Å². The molecule has 4 rings (SSSR count). The molecule has 1 unspecified atom stereocenters. The number of nitrogens with zero attached hydrogens (tertiary/aromatic N) is 3. The highest BCUT2D eigenvalue weighted by Gasteiger charge is 2.34. The molecule has 208 valence electrons. The highest BCUT2D eigenvalue weighted by atomic mass is 35.5. The molecule has 0 saturated carbocycles. The third kappa shape index (κ3) is 6.45.